The van der Waals surface area contributed by atoms with Crippen LogP contribution in [0.3, 0.4) is 0 Å². The number of ether oxygens (including phenoxy) is 1. The molecule has 7 heteroatoms. The van der Waals surface area contributed by atoms with E-state index in [1.807, 2.05) is 43.5 Å². The van der Waals surface area contributed by atoms with E-state index >= 15 is 0 Å². The lowest BCUT2D eigenvalue weighted by molar-refractivity contribution is -0.120. The number of carbonyl (C=O) groups is 2. The van der Waals surface area contributed by atoms with Gasteiger partial charge in [0.1, 0.15) is 5.75 Å². The number of nitrogens with zero attached hydrogens (tertiary/aromatic N) is 1. The maximum absolute atomic E-state index is 12.3. The first kappa shape index (κ1) is 17.9. The summed E-state index contributed by atoms with van der Waals surface area (Å²) >= 11 is 1.37. The Balaban J connectivity index is 2.16. The van der Waals surface area contributed by atoms with Gasteiger partial charge in [-0.25, -0.2) is 4.98 Å². The van der Waals surface area contributed by atoms with Crippen LogP contribution in [0.15, 0.2) is 29.6 Å². The molecule has 0 unspecified atom stereocenters. The Bertz CT molecular complexity index is 715. The van der Waals surface area contributed by atoms with Crippen LogP contribution in [-0.2, 0) is 9.59 Å². The minimum atomic E-state index is -0.466. The van der Waals surface area contributed by atoms with Crippen LogP contribution in [0.2, 0.25) is 0 Å². The molecule has 1 aromatic carbocycles. The van der Waals surface area contributed by atoms with Gasteiger partial charge in [-0.1, -0.05) is 18.2 Å². The van der Waals surface area contributed by atoms with Gasteiger partial charge in [-0.3, -0.25) is 9.59 Å². The first-order valence-electron chi connectivity index (χ1n) is 7.70. The van der Waals surface area contributed by atoms with E-state index in [9.17, 15) is 9.59 Å². The second kappa shape index (κ2) is 8.44. The van der Waals surface area contributed by atoms with E-state index in [0.29, 0.717) is 17.5 Å². The van der Waals surface area contributed by atoms with Crippen molar-refractivity contribution in [1.82, 2.24) is 10.3 Å². The van der Waals surface area contributed by atoms with Crippen molar-refractivity contribution in [2.75, 3.05) is 11.9 Å². The van der Waals surface area contributed by atoms with E-state index in [-0.39, 0.29) is 18.2 Å². The minimum absolute atomic E-state index is 0.0995. The Morgan fingerprint density at radius 1 is 1.33 bits per heavy atom. The third-order valence-electron chi connectivity index (χ3n) is 3.23. The molecular weight excluding hydrogens is 326 g/mol. The maximum Gasteiger partial charge on any atom is 0.228 e. The first-order valence-corrected chi connectivity index (χ1v) is 8.58. The lowest BCUT2D eigenvalue weighted by Gasteiger charge is -2.20. The molecule has 0 aliphatic rings. The predicted molar refractivity (Wildman–Crippen MR) is 94.3 cm³/mol. The summed E-state index contributed by atoms with van der Waals surface area (Å²) in [6.07, 6.45) is 0.0995. The van der Waals surface area contributed by atoms with E-state index in [0.717, 1.165) is 11.3 Å². The van der Waals surface area contributed by atoms with Crippen molar-refractivity contribution < 1.29 is 14.3 Å². The molecule has 6 nitrogen and oxygen atoms in total. The normalized spacial score (nSPS) is 11.6. The van der Waals surface area contributed by atoms with Crippen molar-refractivity contribution in [2.24, 2.45) is 0 Å². The second-order valence-corrected chi connectivity index (χ2v) is 6.13. The molecule has 0 aliphatic heterocycles. The highest BCUT2D eigenvalue weighted by Gasteiger charge is 2.21. The predicted octanol–water partition coefficient (Wildman–Crippen LogP) is 3.06. The Labute approximate surface area is 145 Å². The Morgan fingerprint density at radius 3 is 2.71 bits per heavy atom. The maximum atomic E-state index is 12.3. The minimum Gasteiger partial charge on any atom is -0.494 e. The molecule has 0 fully saturated rings. The molecule has 2 rings (SSSR count). The molecule has 128 valence electrons. The van der Waals surface area contributed by atoms with Gasteiger partial charge >= 0.3 is 0 Å². The van der Waals surface area contributed by atoms with Gasteiger partial charge in [-0.2, -0.15) is 0 Å². The molecule has 0 aliphatic carbocycles. The van der Waals surface area contributed by atoms with Gasteiger partial charge < -0.3 is 15.4 Å². The lowest BCUT2D eigenvalue weighted by atomic mass is 10.0. The van der Waals surface area contributed by atoms with Gasteiger partial charge in [0.25, 0.3) is 0 Å². The SMILES string of the molecule is CCOc1ccccc1[C@H](CC(=O)Nc1nc(C)cs1)NC(C)=O. The smallest absolute Gasteiger partial charge is 0.228 e. The summed E-state index contributed by atoms with van der Waals surface area (Å²) in [5, 5.41) is 8.00. The second-order valence-electron chi connectivity index (χ2n) is 5.27. The summed E-state index contributed by atoms with van der Waals surface area (Å²) in [5.41, 5.74) is 1.63. The van der Waals surface area contributed by atoms with E-state index in [1.54, 1.807) is 0 Å². The number of anilines is 1. The number of aromatic nitrogens is 1. The fraction of sp³-hybridized carbons (Fsp3) is 0.353. The Hall–Kier alpha value is -2.41. The highest BCUT2D eigenvalue weighted by Crippen LogP contribution is 2.28. The number of benzene rings is 1. The number of aryl methyl sites for hydroxylation is 1. The van der Waals surface area contributed by atoms with Crippen LogP contribution in [0.5, 0.6) is 5.75 Å². The lowest BCUT2D eigenvalue weighted by Crippen LogP contribution is -2.30. The van der Waals surface area contributed by atoms with Crippen LogP contribution < -0.4 is 15.4 Å². The molecular formula is C17H21N3O3S. The average molecular weight is 347 g/mol. The fourth-order valence-electron chi connectivity index (χ4n) is 2.31. The van der Waals surface area contributed by atoms with Crippen molar-refractivity contribution in [3.05, 3.63) is 40.9 Å². The summed E-state index contributed by atoms with van der Waals surface area (Å²) < 4.78 is 5.61. The van der Waals surface area contributed by atoms with Crippen molar-refractivity contribution in [3.63, 3.8) is 0 Å². The molecule has 1 aromatic heterocycles. The number of hydrogen-bond donors (Lipinski definition) is 2. The Kier molecular flexibility index (Phi) is 6.31. The number of nitrogens with one attached hydrogen (secondary N) is 2. The molecule has 2 amide bonds. The molecule has 0 saturated carbocycles. The van der Waals surface area contributed by atoms with E-state index in [4.69, 9.17) is 4.74 Å². The highest BCUT2D eigenvalue weighted by molar-refractivity contribution is 7.13. The van der Waals surface area contributed by atoms with Crippen molar-refractivity contribution in [1.29, 1.82) is 0 Å². The van der Waals surface area contributed by atoms with E-state index < -0.39 is 6.04 Å². The van der Waals surface area contributed by atoms with Gasteiger partial charge in [-0.15, -0.1) is 11.3 Å². The topological polar surface area (TPSA) is 80.3 Å². The number of amides is 2. The average Bonchev–Trinajstić information content (AvgIpc) is 2.92. The third-order valence-corrected chi connectivity index (χ3v) is 4.10. The number of thiazole rings is 1. The summed E-state index contributed by atoms with van der Waals surface area (Å²) in [4.78, 5) is 28.1. The molecule has 1 heterocycles. The number of hydrogen-bond acceptors (Lipinski definition) is 5. The van der Waals surface area contributed by atoms with E-state index in [2.05, 4.69) is 15.6 Å². The molecule has 2 N–H and O–H groups in total. The summed E-state index contributed by atoms with van der Waals surface area (Å²) in [7, 11) is 0. The zero-order valence-corrected chi connectivity index (χ0v) is 14.8. The number of carbonyl (C=O) groups excluding carboxylic acids is 2. The molecule has 0 saturated heterocycles. The van der Waals surface area contributed by atoms with Gasteiger partial charge in [0.05, 0.1) is 24.8 Å². The molecule has 24 heavy (non-hydrogen) atoms. The fourth-order valence-corrected chi connectivity index (χ4v) is 3.01. The van der Waals surface area contributed by atoms with Gasteiger partial charge in [-0.05, 0) is 19.9 Å². The van der Waals surface area contributed by atoms with Crippen LogP contribution in [0, 0.1) is 6.92 Å². The van der Waals surface area contributed by atoms with Gasteiger partial charge in [0, 0.05) is 17.9 Å². The first-order chi connectivity index (χ1) is 11.5. The molecule has 0 spiro atoms. The zero-order chi connectivity index (χ0) is 17.5. The van der Waals surface area contributed by atoms with Crippen LogP contribution in [0.4, 0.5) is 5.13 Å². The van der Waals surface area contributed by atoms with Crippen molar-refractivity contribution in [2.45, 2.75) is 33.2 Å². The van der Waals surface area contributed by atoms with Gasteiger partial charge in [0.2, 0.25) is 11.8 Å². The van der Waals surface area contributed by atoms with Crippen LogP contribution in [0.25, 0.3) is 0 Å². The quantitative estimate of drug-likeness (QED) is 0.807. The van der Waals surface area contributed by atoms with Crippen molar-refractivity contribution in [3.8, 4) is 5.75 Å². The van der Waals surface area contributed by atoms with E-state index in [1.165, 1.54) is 18.3 Å². The van der Waals surface area contributed by atoms with Gasteiger partial charge in [0.15, 0.2) is 5.13 Å². The molecule has 0 radical (unpaired) electrons. The molecule has 0 bridgehead atoms. The summed E-state index contributed by atoms with van der Waals surface area (Å²) in [6, 6.07) is 6.93. The molecule has 1 atom stereocenters. The monoisotopic (exact) mass is 347 g/mol. The van der Waals surface area contributed by atoms with Crippen molar-refractivity contribution >= 4 is 28.3 Å². The van der Waals surface area contributed by atoms with Crippen LogP contribution in [-0.4, -0.2) is 23.4 Å². The zero-order valence-electron chi connectivity index (χ0n) is 14.0. The standard InChI is InChI=1S/C17H21N3O3S/c1-4-23-15-8-6-5-7-13(15)14(19-12(3)21)9-16(22)20-17-18-11(2)10-24-17/h5-8,10,14H,4,9H2,1-3H3,(H,19,21)(H,18,20,22)/t14-/m0/s1. The molecule has 2 aromatic rings. The largest absolute Gasteiger partial charge is 0.494 e. The number of rotatable bonds is 7. The summed E-state index contributed by atoms with van der Waals surface area (Å²) in [6.45, 7) is 5.69. The van der Waals surface area contributed by atoms with Crippen LogP contribution >= 0.6 is 11.3 Å². The Morgan fingerprint density at radius 2 is 2.08 bits per heavy atom. The summed E-state index contributed by atoms with van der Waals surface area (Å²) in [5.74, 6) is 0.246. The number of para-hydroxylation sites is 1. The third kappa shape index (κ3) is 5.06. The highest BCUT2D eigenvalue weighted by atomic mass is 32.1. The van der Waals surface area contributed by atoms with Crippen LogP contribution in [0.1, 0.15) is 37.6 Å².